The van der Waals surface area contributed by atoms with Gasteiger partial charge >= 0.3 is 0 Å². The van der Waals surface area contributed by atoms with E-state index in [1.165, 1.54) is 38.6 Å². The molecule has 1 fully saturated rings. The van der Waals surface area contributed by atoms with Crippen LogP contribution in [0.3, 0.4) is 0 Å². The fraction of sp³-hybridized carbons (Fsp3) is 0.409. The lowest BCUT2D eigenvalue weighted by Crippen LogP contribution is -2.47. The average Bonchev–Trinajstić information content (AvgIpc) is 3.26. The lowest BCUT2D eigenvalue weighted by molar-refractivity contribution is -0.122. The second-order valence-corrected chi connectivity index (χ2v) is 9.93. The van der Waals surface area contributed by atoms with Crippen molar-refractivity contribution in [1.82, 2.24) is 5.32 Å². The standard InChI is InChI=1S/C22H28ClN3O4S/c1-16(26(31(3,28)29)20-14-18(23)8-11-21(20)30-2)22(27)24-15-17-6-9-19(10-7-17)25-12-4-5-13-25/h6-11,14,16H,4-5,12-13,15H2,1-3H3,(H,24,27)/t16-/m1/s1. The van der Waals surface area contributed by atoms with Gasteiger partial charge in [-0.15, -0.1) is 0 Å². The van der Waals surface area contributed by atoms with Crippen molar-refractivity contribution in [2.24, 2.45) is 0 Å². The SMILES string of the molecule is COc1ccc(Cl)cc1N([C@H](C)C(=O)NCc1ccc(N2CCCC2)cc1)S(C)(=O)=O. The molecule has 1 aliphatic rings. The van der Waals surface area contributed by atoms with Crippen LogP contribution >= 0.6 is 11.6 Å². The normalized spacial score (nSPS) is 14.9. The minimum Gasteiger partial charge on any atom is -0.495 e. The summed E-state index contributed by atoms with van der Waals surface area (Å²) in [5, 5.41) is 3.17. The van der Waals surface area contributed by atoms with Crippen LogP contribution in [0.4, 0.5) is 11.4 Å². The van der Waals surface area contributed by atoms with Gasteiger partial charge in [0.15, 0.2) is 0 Å². The summed E-state index contributed by atoms with van der Waals surface area (Å²) in [6.45, 7) is 3.98. The van der Waals surface area contributed by atoms with E-state index in [1.807, 2.05) is 12.1 Å². The van der Waals surface area contributed by atoms with Crippen LogP contribution in [0.5, 0.6) is 5.75 Å². The molecule has 1 amide bonds. The lowest BCUT2D eigenvalue weighted by atomic mass is 10.2. The molecule has 2 aromatic carbocycles. The van der Waals surface area contributed by atoms with Gasteiger partial charge in [0.1, 0.15) is 11.8 Å². The minimum absolute atomic E-state index is 0.218. The van der Waals surface area contributed by atoms with E-state index in [9.17, 15) is 13.2 Å². The highest BCUT2D eigenvalue weighted by Crippen LogP contribution is 2.34. The largest absolute Gasteiger partial charge is 0.495 e. The third kappa shape index (κ3) is 5.62. The third-order valence-corrected chi connectivity index (χ3v) is 6.80. The molecule has 2 aromatic rings. The summed E-state index contributed by atoms with van der Waals surface area (Å²) in [6.07, 6.45) is 3.47. The summed E-state index contributed by atoms with van der Waals surface area (Å²) >= 11 is 6.07. The molecule has 168 valence electrons. The Balaban J connectivity index is 1.73. The summed E-state index contributed by atoms with van der Waals surface area (Å²) < 4.78 is 31.4. The Morgan fingerprint density at radius 3 is 2.42 bits per heavy atom. The second-order valence-electron chi connectivity index (χ2n) is 7.63. The maximum absolute atomic E-state index is 12.8. The summed E-state index contributed by atoms with van der Waals surface area (Å²) in [7, 11) is -2.35. The molecule has 0 aromatic heterocycles. The molecular formula is C22H28ClN3O4S. The number of hydrogen-bond acceptors (Lipinski definition) is 5. The second kappa shape index (κ2) is 9.78. The van der Waals surface area contributed by atoms with Crippen molar-refractivity contribution < 1.29 is 17.9 Å². The number of methoxy groups -OCH3 is 1. The number of halogens is 1. The van der Waals surface area contributed by atoms with E-state index in [2.05, 4.69) is 22.3 Å². The Hall–Kier alpha value is -2.45. The van der Waals surface area contributed by atoms with E-state index in [-0.39, 0.29) is 5.69 Å². The van der Waals surface area contributed by atoms with E-state index in [0.717, 1.165) is 29.2 Å². The molecule has 31 heavy (non-hydrogen) atoms. The van der Waals surface area contributed by atoms with Gasteiger partial charge in [-0.25, -0.2) is 8.42 Å². The van der Waals surface area contributed by atoms with Gasteiger partial charge in [0.25, 0.3) is 0 Å². The van der Waals surface area contributed by atoms with Crippen molar-refractivity contribution in [2.45, 2.75) is 32.4 Å². The van der Waals surface area contributed by atoms with Crippen molar-refractivity contribution in [3.8, 4) is 5.75 Å². The fourth-order valence-corrected chi connectivity index (χ4v) is 5.09. The first-order valence-corrected chi connectivity index (χ1v) is 12.4. The van der Waals surface area contributed by atoms with Crippen LogP contribution in [-0.4, -0.2) is 46.8 Å². The molecule has 9 heteroatoms. The summed E-state index contributed by atoms with van der Waals surface area (Å²) in [4.78, 5) is 15.2. The van der Waals surface area contributed by atoms with Crippen LogP contribution in [0.1, 0.15) is 25.3 Å². The molecule has 7 nitrogen and oxygen atoms in total. The van der Waals surface area contributed by atoms with Crippen molar-refractivity contribution in [3.05, 3.63) is 53.1 Å². The summed E-state index contributed by atoms with van der Waals surface area (Å²) in [5.41, 5.74) is 2.34. The van der Waals surface area contributed by atoms with Gasteiger partial charge in [0.2, 0.25) is 15.9 Å². The van der Waals surface area contributed by atoms with Gasteiger partial charge in [-0.1, -0.05) is 23.7 Å². The first-order valence-electron chi connectivity index (χ1n) is 10.2. The third-order valence-electron chi connectivity index (χ3n) is 5.34. The number of amides is 1. The van der Waals surface area contributed by atoms with Crippen molar-refractivity contribution in [1.29, 1.82) is 0 Å². The van der Waals surface area contributed by atoms with Crippen molar-refractivity contribution in [3.63, 3.8) is 0 Å². The number of hydrogen-bond donors (Lipinski definition) is 1. The van der Waals surface area contributed by atoms with E-state index < -0.39 is 22.0 Å². The monoisotopic (exact) mass is 465 g/mol. The molecule has 0 unspecified atom stereocenters. The van der Waals surface area contributed by atoms with Crippen LogP contribution in [0, 0.1) is 0 Å². The van der Waals surface area contributed by atoms with Gasteiger partial charge in [-0.05, 0) is 55.7 Å². The molecule has 0 bridgehead atoms. The Kier molecular flexibility index (Phi) is 7.33. The highest BCUT2D eigenvalue weighted by atomic mass is 35.5. The number of rotatable bonds is 8. The fourth-order valence-electron chi connectivity index (χ4n) is 3.75. The van der Waals surface area contributed by atoms with E-state index in [4.69, 9.17) is 16.3 Å². The number of sulfonamides is 1. The zero-order valence-corrected chi connectivity index (χ0v) is 19.5. The minimum atomic E-state index is -3.78. The predicted octanol–water partition coefficient (Wildman–Crippen LogP) is 3.42. The number of carbonyl (C=O) groups is 1. The van der Waals surface area contributed by atoms with Crippen molar-refractivity contribution in [2.75, 3.05) is 35.7 Å². The van der Waals surface area contributed by atoms with Crippen LogP contribution in [0.25, 0.3) is 0 Å². The molecule has 0 aliphatic carbocycles. The van der Waals surface area contributed by atoms with Gasteiger partial charge in [-0.3, -0.25) is 9.10 Å². The number of benzene rings is 2. The highest BCUT2D eigenvalue weighted by Gasteiger charge is 2.31. The zero-order valence-electron chi connectivity index (χ0n) is 18.0. The van der Waals surface area contributed by atoms with Gasteiger partial charge < -0.3 is 15.0 Å². The van der Waals surface area contributed by atoms with Gasteiger partial charge in [0.05, 0.1) is 19.1 Å². The maximum Gasteiger partial charge on any atom is 0.243 e. The molecule has 1 N–H and O–H groups in total. The molecule has 1 heterocycles. The van der Waals surface area contributed by atoms with Crippen LogP contribution < -0.4 is 19.3 Å². The Bertz CT molecular complexity index is 1020. The van der Waals surface area contributed by atoms with Crippen LogP contribution in [0.2, 0.25) is 5.02 Å². The number of nitrogens with zero attached hydrogens (tertiary/aromatic N) is 2. The van der Waals surface area contributed by atoms with E-state index in [1.54, 1.807) is 12.1 Å². The Labute approximate surface area is 189 Å². The average molecular weight is 466 g/mol. The smallest absolute Gasteiger partial charge is 0.243 e. The number of carbonyl (C=O) groups excluding carboxylic acids is 1. The molecule has 0 radical (unpaired) electrons. The predicted molar refractivity (Wildman–Crippen MR) is 125 cm³/mol. The quantitative estimate of drug-likeness (QED) is 0.646. The Morgan fingerprint density at radius 2 is 1.84 bits per heavy atom. The van der Waals surface area contributed by atoms with Gasteiger partial charge in [-0.2, -0.15) is 0 Å². The molecule has 1 aliphatic heterocycles. The lowest BCUT2D eigenvalue weighted by Gasteiger charge is -2.29. The van der Waals surface area contributed by atoms with Crippen LogP contribution in [-0.2, 0) is 21.4 Å². The molecule has 1 saturated heterocycles. The first kappa shape index (κ1) is 23.2. The summed E-state index contributed by atoms with van der Waals surface area (Å²) in [5.74, 6) is -0.108. The number of ether oxygens (including phenoxy) is 1. The zero-order chi connectivity index (χ0) is 22.6. The Morgan fingerprint density at radius 1 is 1.19 bits per heavy atom. The van der Waals surface area contributed by atoms with Crippen molar-refractivity contribution >= 4 is 38.9 Å². The maximum atomic E-state index is 12.8. The van der Waals surface area contributed by atoms with Gasteiger partial charge in [0, 0.05) is 30.3 Å². The molecule has 0 saturated carbocycles. The molecule has 0 spiro atoms. The topological polar surface area (TPSA) is 79.0 Å². The van der Waals surface area contributed by atoms with Crippen LogP contribution in [0.15, 0.2) is 42.5 Å². The van der Waals surface area contributed by atoms with E-state index in [0.29, 0.717) is 17.3 Å². The van der Waals surface area contributed by atoms with E-state index >= 15 is 0 Å². The highest BCUT2D eigenvalue weighted by molar-refractivity contribution is 7.92. The number of anilines is 2. The molecule has 1 atom stereocenters. The summed E-state index contributed by atoms with van der Waals surface area (Å²) in [6, 6.07) is 11.7. The molecule has 3 rings (SSSR count). The number of nitrogens with one attached hydrogen (secondary N) is 1. The molecular weight excluding hydrogens is 438 g/mol. The first-order chi connectivity index (χ1) is 14.7.